The smallest absolute Gasteiger partial charge is 0.134 e. The number of para-hydroxylation sites is 4. The van der Waals surface area contributed by atoms with Crippen LogP contribution in [0.15, 0.2) is 144 Å². The van der Waals surface area contributed by atoms with E-state index in [9.17, 15) is 0 Å². The van der Waals surface area contributed by atoms with Crippen molar-refractivity contribution in [2.24, 2.45) is 0 Å². The van der Waals surface area contributed by atoms with E-state index in [-0.39, 0.29) is 0 Å². The Kier molecular flexibility index (Phi) is 5.11. The van der Waals surface area contributed by atoms with Gasteiger partial charge in [-0.1, -0.05) is 91.0 Å². The lowest BCUT2D eigenvalue weighted by Gasteiger charge is -2.17. The first-order valence-electron chi connectivity index (χ1n) is 15.7. The molecule has 6 aromatic carbocycles. The summed E-state index contributed by atoms with van der Waals surface area (Å²) in [7, 11) is 0. The fourth-order valence-corrected chi connectivity index (χ4v) is 7.58. The van der Waals surface area contributed by atoms with Gasteiger partial charge in [0.15, 0.2) is 0 Å². The molecule has 3 aromatic heterocycles. The molecule has 3 nitrogen and oxygen atoms in total. The molecule has 1 aliphatic carbocycles. The highest BCUT2D eigenvalue weighted by molar-refractivity contribution is 6.13. The van der Waals surface area contributed by atoms with Gasteiger partial charge < -0.3 is 13.6 Å². The number of rotatable bonds is 3. The maximum Gasteiger partial charge on any atom is 0.134 e. The third kappa shape index (κ3) is 3.58. The zero-order valence-electron chi connectivity index (χ0n) is 24.6. The predicted molar refractivity (Wildman–Crippen MR) is 188 cm³/mol. The normalized spacial score (nSPS) is 13.3. The molecule has 45 heavy (non-hydrogen) atoms. The van der Waals surface area contributed by atoms with Crippen molar-refractivity contribution in [1.82, 2.24) is 9.13 Å². The van der Waals surface area contributed by atoms with E-state index < -0.39 is 0 Å². The molecular formula is C42H28N2O. The van der Waals surface area contributed by atoms with Gasteiger partial charge in [0.1, 0.15) is 11.3 Å². The van der Waals surface area contributed by atoms with Crippen molar-refractivity contribution in [3.8, 4) is 16.8 Å². The Balaban J connectivity index is 1.19. The molecule has 0 atom stereocenters. The lowest BCUT2D eigenvalue weighted by Crippen LogP contribution is -2.03. The number of nitrogens with zero attached hydrogens (tertiary/aromatic N) is 2. The molecule has 3 heteroatoms. The molecule has 0 aliphatic heterocycles. The van der Waals surface area contributed by atoms with E-state index in [4.69, 9.17) is 4.42 Å². The van der Waals surface area contributed by atoms with Crippen molar-refractivity contribution < 1.29 is 4.42 Å². The van der Waals surface area contributed by atoms with Gasteiger partial charge in [-0.25, -0.2) is 0 Å². The van der Waals surface area contributed by atoms with Crippen LogP contribution < -0.4 is 0 Å². The van der Waals surface area contributed by atoms with Crippen LogP contribution >= 0.6 is 0 Å². The minimum absolute atomic E-state index is 0.895. The Labute approximate surface area is 259 Å². The van der Waals surface area contributed by atoms with Crippen molar-refractivity contribution in [2.75, 3.05) is 0 Å². The molecule has 0 unspecified atom stereocenters. The molecule has 212 valence electrons. The summed E-state index contributed by atoms with van der Waals surface area (Å²) >= 11 is 0. The Morgan fingerprint density at radius 3 is 1.91 bits per heavy atom. The van der Waals surface area contributed by atoms with E-state index in [1.165, 1.54) is 77.1 Å². The van der Waals surface area contributed by atoms with Gasteiger partial charge in [-0.2, -0.15) is 0 Å². The van der Waals surface area contributed by atoms with Crippen LogP contribution in [0.4, 0.5) is 0 Å². The third-order valence-corrected chi connectivity index (χ3v) is 9.61. The largest absolute Gasteiger partial charge is 0.460 e. The zero-order valence-corrected chi connectivity index (χ0v) is 24.6. The number of hydrogen-bond donors (Lipinski definition) is 0. The first-order valence-corrected chi connectivity index (χ1v) is 15.7. The predicted octanol–water partition coefficient (Wildman–Crippen LogP) is 11.2. The van der Waals surface area contributed by atoms with Crippen molar-refractivity contribution in [1.29, 1.82) is 0 Å². The molecule has 1 aliphatic rings. The highest BCUT2D eigenvalue weighted by Gasteiger charge is 2.22. The first kappa shape index (κ1) is 24.6. The molecule has 0 saturated heterocycles. The molecule has 9 aromatic rings. The van der Waals surface area contributed by atoms with Crippen LogP contribution in [0, 0.1) is 0 Å². The second-order valence-corrected chi connectivity index (χ2v) is 12.1. The van der Waals surface area contributed by atoms with Crippen molar-refractivity contribution >= 4 is 66.4 Å². The van der Waals surface area contributed by atoms with Gasteiger partial charge in [0.25, 0.3) is 0 Å². The minimum Gasteiger partial charge on any atom is -0.460 e. The Morgan fingerprint density at radius 2 is 1.07 bits per heavy atom. The number of benzene rings is 6. The van der Waals surface area contributed by atoms with Crippen molar-refractivity contribution in [3.05, 3.63) is 151 Å². The number of allylic oxidation sites excluding steroid dienone is 1. The molecule has 0 radical (unpaired) electrons. The summed E-state index contributed by atoms with van der Waals surface area (Å²) in [5.41, 5.74) is 12.0. The van der Waals surface area contributed by atoms with Gasteiger partial charge in [0.05, 0.1) is 22.1 Å². The summed E-state index contributed by atoms with van der Waals surface area (Å²) in [6.45, 7) is 0. The van der Waals surface area contributed by atoms with Crippen LogP contribution in [0.1, 0.15) is 17.7 Å². The summed E-state index contributed by atoms with van der Waals surface area (Å²) < 4.78 is 11.1. The quantitative estimate of drug-likeness (QED) is 0.205. The van der Waals surface area contributed by atoms with E-state index in [1.54, 1.807) is 0 Å². The average molecular weight is 577 g/mol. The fourth-order valence-electron chi connectivity index (χ4n) is 7.58. The highest BCUT2D eigenvalue weighted by atomic mass is 16.3. The highest BCUT2D eigenvalue weighted by Crippen LogP contribution is 2.41. The van der Waals surface area contributed by atoms with Crippen LogP contribution in [0.3, 0.4) is 0 Å². The maximum atomic E-state index is 6.25. The van der Waals surface area contributed by atoms with Gasteiger partial charge in [-0.05, 0) is 72.2 Å². The van der Waals surface area contributed by atoms with Gasteiger partial charge in [-0.15, -0.1) is 0 Å². The molecule has 0 saturated carbocycles. The lowest BCUT2D eigenvalue weighted by molar-refractivity contribution is 0.546. The van der Waals surface area contributed by atoms with Gasteiger partial charge in [0.2, 0.25) is 0 Å². The van der Waals surface area contributed by atoms with Crippen LogP contribution in [0.2, 0.25) is 0 Å². The number of aromatic nitrogens is 2. The van der Waals surface area contributed by atoms with Crippen LogP contribution in [-0.2, 0) is 6.42 Å². The Hall–Kier alpha value is -5.80. The summed E-state index contributed by atoms with van der Waals surface area (Å²) in [4.78, 5) is 0. The lowest BCUT2D eigenvalue weighted by atomic mass is 9.99. The van der Waals surface area contributed by atoms with Crippen molar-refractivity contribution in [2.45, 2.75) is 12.8 Å². The van der Waals surface area contributed by atoms with Crippen LogP contribution in [0.5, 0.6) is 0 Å². The van der Waals surface area contributed by atoms with Crippen molar-refractivity contribution in [3.63, 3.8) is 0 Å². The monoisotopic (exact) mass is 576 g/mol. The van der Waals surface area contributed by atoms with Crippen LogP contribution in [0.25, 0.3) is 83.2 Å². The topological polar surface area (TPSA) is 23.0 Å². The summed E-state index contributed by atoms with van der Waals surface area (Å²) in [6, 6.07) is 50.5. The SMILES string of the molecule is C1=C(n2c3ccccc3c3ccc(-c4ccc5c(c4)c4ccccc4n5-c4ccccc4)cc32)CCc2oc3ccccc3c21. The van der Waals surface area contributed by atoms with Gasteiger partial charge >= 0.3 is 0 Å². The number of fused-ring (bicyclic) bond motifs is 9. The molecule has 10 rings (SSSR count). The number of aryl methyl sites for hydroxylation is 1. The summed E-state index contributed by atoms with van der Waals surface area (Å²) in [5.74, 6) is 1.09. The summed E-state index contributed by atoms with van der Waals surface area (Å²) in [5, 5.41) is 6.28. The third-order valence-electron chi connectivity index (χ3n) is 9.61. The average Bonchev–Trinajstić information content (AvgIpc) is 3.75. The zero-order chi connectivity index (χ0) is 29.5. The molecule has 3 heterocycles. The van der Waals surface area contributed by atoms with E-state index in [0.29, 0.717) is 0 Å². The molecule has 0 fully saturated rings. The van der Waals surface area contributed by atoms with Gasteiger partial charge in [-0.3, -0.25) is 0 Å². The number of furan rings is 1. The second kappa shape index (κ2) is 9.35. The van der Waals surface area contributed by atoms with Gasteiger partial charge in [0, 0.05) is 50.3 Å². The first-order chi connectivity index (χ1) is 22.3. The van der Waals surface area contributed by atoms with E-state index in [2.05, 4.69) is 149 Å². The van der Waals surface area contributed by atoms with Crippen LogP contribution in [-0.4, -0.2) is 9.13 Å². The van der Waals surface area contributed by atoms with E-state index >= 15 is 0 Å². The molecule has 0 N–H and O–H groups in total. The maximum absolute atomic E-state index is 6.25. The minimum atomic E-state index is 0.895. The van der Waals surface area contributed by atoms with E-state index in [1.807, 2.05) is 6.07 Å². The fraction of sp³-hybridized carbons (Fsp3) is 0.0476. The number of hydrogen-bond acceptors (Lipinski definition) is 1. The molecular weight excluding hydrogens is 548 g/mol. The molecule has 0 amide bonds. The molecule has 0 bridgehead atoms. The Morgan fingerprint density at radius 1 is 0.444 bits per heavy atom. The summed E-state index contributed by atoms with van der Waals surface area (Å²) in [6.07, 6.45) is 4.18. The second-order valence-electron chi connectivity index (χ2n) is 12.1. The van der Waals surface area contributed by atoms with E-state index in [0.717, 1.165) is 24.2 Å². The Bertz CT molecular complexity index is 2650. The standard InChI is InChI=1S/C42H28N2O/c1-2-10-29(11-3-1)43-38-16-8-5-13-32(38)35-24-27(19-22-39(35)43)28-18-21-33-31-12-4-7-15-37(31)44(40(33)25-28)30-20-23-42-36(26-30)34-14-6-9-17-41(34)45-42/h1-19,21-22,24-26H,20,23H2. The molecule has 0 spiro atoms.